The Labute approximate surface area is 185 Å². The highest BCUT2D eigenvalue weighted by Gasteiger charge is 2.38. The first-order valence-corrected chi connectivity index (χ1v) is 11.5. The molecule has 31 heavy (non-hydrogen) atoms. The Morgan fingerprint density at radius 3 is 2.55 bits per heavy atom. The lowest BCUT2D eigenvalue weighted by Crippen LogP contribution is -2.46. The van der Waals surface area contributed by atoms with Crippen molar-refractivity contribution in [2.24, 2.45) is 5.92 Å². The van der Waals surface area contributed by atoms with E-state index < -0.39 is 43.3 Å². The molecular formula is C20H24ClF3N4O2S. The van der Waals surface area contributed by atoms with Gasteiger partial charge in [-0.2, -0.15) is 4.39 Å². The molecule has 3 rings (SSSR count). The first-order valence-electron chi connectivity index (χ1n) is 9.60. The summed E-state index contributed by atoms with van der Waals surface area (Å²) in [5.74, 6) is -3.84. The van der Waals surface area contributed by atoms with E-state index in [9.17, 15) is 21.6 Å². The van der Waals surface area contributed by atoms with E-state index in [4.69, 9.17) is 11.6 Å². The van der Waals surface area contributed by atoms with E-state index in [0.29, 0.717) is 13.1 Å². The van der Waals surface area contributed by atoms with Gasteiger partial charge in [-0.3, -0.25) is 4.72 Å². The Kier molecular flexibility index (Phi) is 6.46. The molecule has 0 saturated carbocycles. The summed E-state index contributed by atoms with van der Waals surface area (Å²) in [7, 11) is -0.804. The topological polar surface area (TPSA) is 65.5 Å². The summed E-state index contributed by atoms with van der Waals surface area (Å²) in [5.41, 5.74) is -0.0553. The molecule has 1 saturated heterocycles. The van der Waals surface area contributed by atoms with Crippen molar-refractivity contribution in [3.63, 3.8) is 0 Å². The largest absolute Gasteiger partial charge is 0.370 e. The van der Waals surface area contributed by atoms with Crippen LogP contribution in [0.1, 0.15) is 20.3 Å². The van der Waals surface area contributed by atoms with Gasteiger partial charge in [0, 0.05) is 24.7 Å². The minimum Gasteiger partial charge on any atom is -0.370 e. The predicted molar refractivity (Wildman–Crippen MR) is 114 cm³/mol. The third-order valence-corrected chi connectivity index (χ3v) is 7.75. The summed E-state index contributed by atoms with van der Waals surface area (Å²) >= 11 is 6.15. The smallest absolute Gasteiger partial charge is 0.268 e. The molecule has 11 heteroatoms. The third kappa shape index (κ3) is 4.61. The fraction of sp³-hybridized carbons (Fsp3) is 0.450. The van der Waals surface area contributed by atoms with Crippen LogP contribution in [0.4, 0.5) is 24.7 Å². The van der Waals surface area contributed by atoms with Crippen LogP contribution < -0.4 is 9.62 Å². The van der Waals surface area contributed by atoms with Gasteiger partial charge in [0.2, 0.25) is 5.95 Å². The number of hydrogen-bond donors (Lipinski definition) is 1. The zero-order valence-corrected chi connectivity index (χ0v) is 19.2. The Morgan fingerprint density at radius 1 is 1.26 bits per heavy atom. The second kappa shape index (κ2) is 8.48. The van der Waals surface area contributed by atoms with Gasteiger partial charge in [-0.1, -0.05) is 17.7 Å². The molecule has 1 aliphatic heterocycles. The molecule has 1 atom stereocenters. The molecule has 1 aromatic heterocycles. The van der Waals surface area contributed by atoms with Crippen molar-refractivity contribution < 1.29 is 21.6 Å². The van der Waals surface area contributed by atoms with E-state index in [-0.39, 0.29) is 17.1 Å². The van der Waals surface area contributed by atoms with Crippen molar-refractivity contribution >= 4 is 33.1 Å². The molecular weight excluding hydrogens is 453 g/mol. The van der Waals surface area contributed by atoms with Crippen LogP contribution in [0, 0.1) is 23.5 Å². The maximum absolute atomic E-state index is 15.0. The Hall–Kier alpha value is -2.04. The van der Waals surface area contributed by atoms with Gasteiger partial charge in [0.05, 0.1) is 5.69 Å². The van der Waals surface area contributed by atoms with Gasteiger partial charge in [0.25, 0.3) is 10.0 Å². The van der Waals surface area contributed by atoms with Crippen LogP contribution in [0.15, 0.2) is 29.2 Å². The lowest BCUT2D eigenvalue weighted by atomic mass is 9.86. The van der Waals surface area contributed by atoms with E-state index in [1.165, 1.54) is 6.07 Å². The van der Waals surface area contributed by atoms with Crippen molar-refractivity contribution in [1.82, 2.24) is 9.88 Å². The fourth-order valence-electron chi connectivity index (χ4n) is 3.62. The molecule has 1 N–H and O–H groups in total. The van der Waals surface area contributed by atoms with Crippen LogP contribution in [0.25, 0.3) is 0 Å². The van der Waals surface area contributed by atoms with Gasteiger partial charge in [0.15, 0.2) is 10.7 Å². The Bertz CT molecular complexity index is 1100. The number of nitrogens with zero attached hydrogens (tertiary/aromatic N) is 3. The number of hydrogen-bond acceptors (Lipinski definition) is 5. The molecule has 1 unspecified atom stereocenters. The maximum atomic E-state index is 15.0. The number of rotatable bonds is 6. The van der Waals surface area contributed by atoms with Crippen molar-refractivity contribution in [1.29, 1.82) is 0 Å². The normalized spacial score (nSPS) is 17.5. The summed E-state index contributed by atoms with van der Waals surface area (Å²) in [6.07, 6.45) is 0.789. The van der Waals surface area contributed by atoms with Crippen molar-refractivity contribution in [2.45, 2.75) is 30.7 Å². The molecule has 0 bridgehead atoms. The lowest BCUT2D eigenvalue weighted by Gasteiger charge is -2.38. The average Bonchev–Trinajstić information content (AvgIpc) is 3.14. The van der Waals surface area contributed by atoms with Crippen LogP contribution >= 0.6 is 11.6 Å². The minimum absolute atomic E-state index is 0.0940. The van der Waals surface area contributed by atoms with Crippen LogP contribution in [-0.2, 0) is 10.0 Å². The zero-order chi connectivity index (χ0) is 23.1. The molecule has 170 valence electrons. The second-order valence-electron chi connectivity index (χ2n) is 8.27. The van der Waals surface area contributed by atoms with Crippen LogP contribution in [0.2, 0.25) is 5.02 Å². The SMILES string of the molecule is CN(C)C(C)(C)C1CCN(c2cc(F)c(S(=O)(=O)Nc3cccc(F)n3)c(F)c2Cl)C1. The molecule has 1 aromatic carbocycles. The highest BCUT2D eigenvalue weighted by molar-refractivity contribution is 7.92. The van der Waals surface area contributed by atoms with E-state index in [2.05, 4.69) is 23.7 Å². The van der Waals surface area contributed by atoms with Gasteiger partial charge in [-0.05, 0) is 52.4 Å². The first kappa shape index (κ1) is 23.6. The minimum atomic E-state index is -4.74. The average molecular weight is 477 g/mol. The molecule has 1 aliphatic rings. The fourth-order valence-corrected chi connectivity index (χ4v) is 5.09. The summed E-state index contributed by atoms with van der Waals surface area (Å²) < 4.78 is 70.1. The third-order valence-electron chi connectivity index (χ3n) is 6.00. The summed E-state index contributed by atoms with van der Waals surface area (Å²) in [4.78, 5) is 5.95. The number of nitrogens with one attached hydrogen (secondary N) is 1. The number of sulfonamides is 1. The number of anilines is 2. The lowest BCUT2D eigenvalue weighted by molar-refractivity contribution is 0.127. The Balaban J connectivity index is 1.93. The quantitative estimate of drug-likeness (QED) is 0.502. The van der Waals surface area contributed by atoms with Crippen molar-refractivity contribution in [3.05, 3.63) is 46.9 Å². The van der Waals surface area contributed by atoms with Gasteiger partial charge < -0.3 is 9.80 Å². The Morgan fingerprint density at radius 2 is 1.94 bits per heavy atom. The molecule has 0 aliphatic carbocycles. The van der Waals surface area contributed by atoms with Gasteiger partial charge in [-0.25, -0.2) is 22.2 Å². The second-order valence-corrected chi connectivity index (χ2v) is 10.3. The highest BCUT2D eigenvalue weighted by Crippen LogP contribution is 2.39. The first-order chi connectivity index (χ1) is 14.3. The molecule has 1 fully saturated rings. The number of benzene rings is 1. The standard InChI is InChI=1S/C20H24ClF3N4O2S/c1-20(2,27(3)4)12-8-9-28(11-12)14-10-13(22)19(18(24)17(14)21)31(29,30)26-16-7-5-6-15(23)25-16/h5-7,10,12H,8-9,11H2,1-4H3,(H,25,26). The van der Waals surface area contributed by atoms with E-state index >= 15 is 0 Å². The van der Waals surface area contributed by atoms with Crippen LogP contribution in [0.3, 0.4) is 0 Å². The van der Waals surface area contributed by atoms with E-state index in [0.717, 1.165) is 24.6 Å². The maximum Gasteiger partial charge on any atom is 0.268 e. The summed E-state index contributed by atoms with van der Waals surface area (Å²) in [6.45, 7) is 5.22. The van der Waals surface area contributed by atoms with Crippen LogP contribution in [-0.4, -0.2) is 51.0 Å². The molecule has 2 heterocycles. The van der Waals surface area contributed by atoms with Gasteiger partial charge in [0.1, 0.15) is 16.7 Å². The molecule has 0 amide bonds. The summed E-state index contributed by atoms with van der Waals surface area (Å²) in [6, 6.07) is 4.29. The molecule has 0 radical (unpaired) electrons. The molecule has 0 spiro atoms. The van der Waals surface area contributed by atoms with Crippen LogP contribution in [0.5, 0.6) is 0 Å². The monoisotopic (exact) mass is 476 g/mol. The van der Waals surface area contributed by atoms with Gasteiger partial charge >= 0.3 is 0 Å². The van der Waals surface area contributed by atoms with Gasteiger partial charge in [-0.15, -0.1) is 0 Å². The molecule has 6 nitrogen and oxygen atoms in total. The number of halogens is 4. The zero-order valence-electron chi connectivity index (χ0n) is 17.6. The van der Waals surface area contributed by atoms with E-state index in [1.54, 1.807) is 4.90 Å². The van der Waals surface area contributed by atoms with E-state index in [1.807, 2.05) is 18.8 Å². The van der Waals surface area contributed by atoms with Crippen molar-refractivity contribution in [2.75, 3.05) is 36.8 Å². The highest BCUT2D eigenvalue weighted by atomic mass is 35.5. The van der Waals surface area contributed by atoms with Crippen molar-refractivity contribution in [3.8, 4) is 0 Å². The predicted octanol–water partition coefficient (Wildman–Crippen LogP) is 4.12. The number of aromatic nitrogens is 1. The molecule has 2 aromatic rings. The summed E-state index contributed by atoms with van der Waals surface area (Å²) in [5, 5.41) is -0.489. The number of pyridine rings is 1.